The summed E-state index contributed by atoms with van der Waals surface area (Å²) in [5.41, 5.74) is 14.7. The normalized spacial score (nSPS) is 17.3. The molecule has 12 unspecified atom stereocenters. The van der Waals surface area contributed by atoms with Crippen LogP contribution in [0.5, 0.6) is 0 Å². The van der Waals surface area contributed by atoms with Crippen molar-refractivity contribution in [2.24, 2.45) is 11.8 Å². The Kier molecular flexibility index (Phi) is 61.6. The van der Waals surface area contributed by atoms with Gasteiger partial charge in [-0.2, -0.15) is 27.9 Å². The van der Waals surface area contributed by atoms with E-state index in [4.69, 9.17) is 61.0 Å². The van der Waals surface area contributed by atoms with E-state index in [0.29, 0.717) is 55.3 Å². The number of aliphatic hydroxyl groups excluding tert-OH is 10. The van der Waals surface area contributed by atoms with E-state index >= 15 is 0 Å². The maximum absolute atomic E-state index is 14.1. The van der Waals surface area contributed by atoms with E-state index in [-0.39, 0.29) is 179 Å². The van der Waals surface area contributed by atoms with Crippen molar-refractivity contribution in [3.05, 3.63) is 228 Å². The molecule has 0 fully saturated rings. The molecule has 10 N–H and O–H groups in total. The average Bonchev–Trinajstić information content (AvgIpc) is 0.811. The van der Waals surface area contributed by atoms with Crippen LogP contribution < -0.4 is 10.4 Å². The van der Waals surface area contributed by atoms with E-state index in [0.717, 1.165) is 149 Å². The minimum Gasteiger partial charge on any atom is -0.393 e. The average molecular weight is 2750 g/mol. The fraction of sp³-hybridized carbons (Fsp3) is 0.491. The molecule has 5 aliphatic carbocycles. The van der Waals surface area contributed by atoms with Gasteiger partial charge in [0, 0.05) is 128 Å². The minimum atomic E-state index is -1.25. The second-order valence-corrected chi connectivity index (χ2v) is 47.5. The number of nitrogens with zero attached hydrogens (tertiary/aromatic N) is 5. The second kappa shape index (κ2) is 65.0. The van der Waals surface area contributed by atoms with Crippen molar-refractivity contribution >= 4 is 109 Å². The molecule has 743 valence electrons. The Morgan fingerprint density at radius 1 is 0.301 bits per heavy atom. The summed E-state index contributed by atoms with van der Waals surface area (Å²) in [6, 6.07) is 49.4. The van der Waals surface area contributed by atoms with Gasteiger partial charge in [-0.15, -0.1) is 49.3 Å². The van der Waals surface area contributed by atoms with Gasteiger partial charge < -0.3 is 76.0 Å². The fourth-order valence-corrected chi connectivity index (χ4v) is 17.5. The first-order chi connectivity index (χ1) is 60.5. The summed E-state index contributed by atoms with van der Waals surface area (Å²) >= 11 is 0. The third-order valence-electron chi connectivity index (χ3n) is 21.6. The van der Waals surface area contributed by atoms with Crippen LogP contribution in [0.15, 0.2) is 152 Å². The molecule has 12 atom stereocenters. The van der Waals surface area contributed by atoms with Gasteiger partial charge in [0.2, 0.25) is 0 Å². The molecule has 0 aliphatic heterocycles. The van der Waals surface area contributed by atoms with Gasteiger partial charge in [0.05, 0.1) is 88.8 Å². The Morgan fingerprint density at radius 3 is 0.880 bits per heavy atom. The summed E-state index contributed by atoms with van der Waals surface area (Å²) in [4.78, 5) is 23.2. The Bertz CT molecular complexity index is 5100. The van der Waals surface area contributed by atoms with Crippen LogP contribution in [0.1, 0.15) is 259 Å². The molecule has 0 bridgehead atoms. The van der Waals surface area contributed by atoms with Crippen LogP contribution in [0.3, 0.4) is 0 Å². The second-order valence-electron chi connectivity index (χ2n) is 37.4. The summed E-state index contributed by atoms with van der Waals surface area (Å²) < 4.78 is 41.1. The number of benzene rings is 5. The fourth-order valence-electron chi connectivity index (χ4n) is 15.2. The largest absolute Gasteiger partial charge is 0.393 e. The Labute approximate surface area is 861 Å². The number of halogens is 3. The Morgan fingerprint density at radius 2 is 0.571 bits per heavy atom. The SMILES string of the molecule is CC(O)CC(C)O.CC(O)CC(C)O.CC(O)CC(C)O.CC(O)CC(C)O.CC(O)CC(C)O.CC1[C-]=C(c2ccc3cc([Si](C)(C)C)ccc3n2)CCC1.CC1[C-]=C(c2nc3ccccc3cc2F)CCC1.C[Si](C)(C)c1ccc2nc(C3=[C-]CCCC3)ccc2c1.Fc1cc2ccccc2nc1C1=[C-]CCCC1.Fc1ccc2nc(C3=[C-]CCCC3)ccc2c1.[Ir].[Ir].[Ir].[Ir].[Ir]. The van der Waals surface area contributed by atoms with E-state index in [9.17, 15) is 13.2 Å². The van der Waals surface area contributed by atoms with Gasteiger partial charge in [-0.05, 0) is 194 Å². The van der Waals surface area contributed by atoms with Crippen molar-refractivity contribution in [3.8, 4) is 0 Å². The van der Waals surface area contributed by atoms with Crippen LogP contribution >= 0.6 is 0 Å². The van der Waals surface area contributed by atoms with E-state index in [1.165, 1.54) is 88.5 Å². The maximum atomic E-state index is 14.1. The van der Waals surface area contributed by atoms with Gasteiger partial charge in [-0.1, -0.05) is 256 Å². The van der Waals surface area contributed by atoms with Crippen molar-refractivity contribution in [2.75, 3.05) is 0 Å². The molecule has 25 heteroatoms. The molecule has 5 radical (unpaired) electrons. The summed E-state index contributed by atoms with van der Waals surface area (Å²) in [5.74, 6) is 0.302. The van der Waals surface area contributed by atoms with Gasteiger partial charge in [0.25, 0.3) is 0 Å². The molecule has 5 aromatic carbocycles. The van der Waals surface area contributed by atoms with Gasteiger partial charge in [-0.25, -0.2) is 13.2 Å². The van der Waals surface area contributed by atoms with Gasteiger partial charge in [0.1, 0.15) is 5.82 Å². The number of para-hydroxylation sites is 2. The zero-order valence-electron chi connectivity index (χ0n) is 81.1. The summed E-state index contributed by atoms with van der Waals surface area (Å²) in [6.45, 7) is 35.3. The molecule has 15 rings (SSSR count). The minimum absolute atomic E-state index is 0. The number of fused-ring (bicyclic) bond motifs is 5. The third-order valence-corrected chi connectivity index (χ3v) is 25.7. The van der Waals surface area contributed by atoms with Crippen LogP contribution in [0.2, 0.25) is 39.3 Å². The van der Waals surface area contributed by atoms with Crippen LogP contribution in [-0.2, 0) is 101 Å². The van der Waals surface area contributed by atoms with Crippen molar-refractivity contribution < 1.29 is 165 Å². The van der Waals surface area contributed by atoms with E-state index in [1.54, 1.807) is 87.4 Å². The van der Waals surface area contributed by atoms with Gasteiger partial charge in [0.15, 0.2) is 0 Å². The molecule has 0 spiro atoms. The van der Waals surface area contributed by atoms with Crippen LogP contribution in [-0.4, -0.2) is 153 Å². The summed E-state index contributed by atoms with van der Waals surface area (Å²) in [6.07, 6.45) is 35.8. The third kappa shape index (κ3) is 48.1. The van der Waals surface area contributed by atoms with E-state index in [2.05, 4.69) is 159 Å². The standard InChI is InChI=1S/C19H24NSi.C18H22NSi.C16H15FN.2C15H13FN.5C5H12O2.5Ir/c1-14-6-5-7-15(12-14)18-10-8-16-13-17(21(2,3)4)9-11-19(16)20-18;1-20(2,3)16-10-12-18-15(13-16)9-11-17(19-18)14-7-5-4-6-8-14;1-11-5-4-7-13(9-11)16-14(17)10-12-6-2-3-8-15(12)18-16;16-13-10-12-8-4-5-9-14(12)17-15(13)11-6-2-1-3-7-11;16-13-7-9-15-12(10-13)6-8-14(17-15)11-4-2-1-3-5-11;5*1-4(6)3-5(2)7;;;;;/h8-11,13-14H,5-7H2,1-4H3;9-13H,4-7H2,1-3H3;2-3,6,8,10-11H,4-5,7H2,1H3;4-5,8-10H,1-3,6H2;6-10H,1-4H2;5*4-7H,3H2,1-2H3;;;;;/q5*-1;;;;;;;;;;. The summed E-state index contributed by atoms with van der Waals surface area (Å²) in [5, 5.41) is 93.7. The van der Waals surface area contributed by atoms with Crippen molar-refractivity contribution in [1.29, 1.82) is 0 Å². The molecule has 0 saturated carbocycles. The maximum Gasteiger partial charge on any atom is 0.123 e. The van der Waals surface area contributed by atoms with Crippen LogP contribution in [0.4, 0.5) is 13.2 Å². The quantitative estimate of drug-likeness (QED) is 0.0300. The first kappa shape index (κ1) is 126. The Balaban J connectivity index is 0.000000758. The van der Waals surface area contributed by atoms with Crippen molar-refractivity contribution in [1.82, 2.24) is 24.9 Å². The number of rotatable bonds is 17. The van der Waals surface area contributed by atoms with E-state index in [1.807, 2.05) is 60.7 Å². The zero-order valence-corrected chi connectivity index (χ0v) is 95.1. The first-order valence-electron chi connectivity index (χ1n) is 46.4. The number of allylic oxidation sites excluding steroid dienone is 10. The van der Waals surface area contributed by atoms with Crippen LogP contribution in [0.25, 0.3) is 82.4 Å². The number of pyridine rings is 5. The molecule has 133 heavy (non-hydrogen) atoms. The molecule has 5 aromatic heterocycles. The van der Waals surface area contributed by atoms with Crippen molar-refractivity contribution in [3.63, 3.8) is 0 Å². The topological polar surface area (TPSA) is 267 Å². The Hall–Kier alpha value is -5.08. The predicted molar refractivity (Wildman–Crippen MR) is 529 cm³/mol. The molecular formula is C108H147F3Ir5N5O10Si2-5. The zero-order chi connectivity index (χ0) is 94.4. The molecular weight excluding hydrogens is 2600 g/mol. The molecule has 10 aromatic rings. The monoisotopic (exact) mass is 2750 g/mol. The first-order valence-corrected chi connectivity index (χ1v) is 53.4. The number of hydrogen-bond acceptors (Lipinski definition) is 15. The molecule has 0 amide bonds. The number of hydrogen-bond donors (Lipinski definition) is 10. The van der Waals surface area contributed by atoms with Crippen molar-refractivity contribution in [2.45, 2.75) is 331 Å². The molecule has 5 aliphatic rings. The predicted octanol–water partition coefficient (Wildman–Crippen LogP) is 22.7. The van der Waals surface area contributed by atoms with Crippen LogP contribution in [0, 0.1) is 59.7 Å². The van der Waals surface area contributed by atoms with Gasteiger partial charge >= 0.3 is 0 Å². The van der Waals surface area contributed by atoms with E-state index < -0.39 is 16.1 Å². The number of aromatic nitrogens is 5. The van der Waals surface area contributed by atoms with Gasteiger partial charge in [-0.3, -0.25) is 30.4 Å². The summed E-state index contributed by atoms with van der Waals surface area (Å²) in [7, 11) is -2.49. The smallest absolute Gasteiger partial charge is 0.123 e. The molecule has 0 saturated heterocycles. The molecule has 5 heterocycles. The molecule has 15 nitrogen and oxygen atoms in total. The number of aliphatic hydroxyl groups is 10.